The molecule has 18 heavy (non-hydrogen) atoms. The lowest BCUT2D eigenvalue weighted by Gasteiger charge is -2.06. The fourth-order valence-electron chi connectivity index (χ4n) is 1.68. The molecule has 0 atom stereocenters. The molecule has 0 fully saturated rings. The molecule has 1 N–H and O–H groups in total. The van der Waals surface area contributed by atoms with Crippen molar-refractivity contribution < 1.29 is 0 Å². The quantitative estimate of drug-likeness (QED) is 0.878. The van der Waals surface area contributed by atoms with Gasteiger partial charge in [0.15, 0.2) is 5.82 Å². The summed E-state index contributed by atoms with van der Waals surface area (Å²) in [6.07, 6.45) is 3.05. The van der Waals surface area contributed by atoms with E-state index in [0.717, 1.165) is 30.3 Å². The molecule has 0 aliphatic carbocycles. The summed E-state index contributed by atoms with van der Waals surface area (Å²) in [5, 5.41) is 7.81. The van der Waals surface area contributed by atoms with Gasteiger partial charge in [0.25, 0.3) is 0 Å². The summed E-state index contributed by atoms with van der Waals surface area (Å²) >= 11 is 0. The average molecular weight is 244 g/mol. The molecule has 96 valence electrons. The van der Waals surface area contributed by atoms with Crippen molar-refractivity contribution in [2.45, 2.75) is 33.1 Å². The Hall–Kier alpha value is -1.84. The van der Waals surface area contributed by atoms with Gasteiger partial charge in [-0.05, 0) is 30.5 Å². The highest BCUT2D eigenvalue weighted by Gasteiger charge is 2.05. The molecule has 0 spiro atoms. The van der Waals surface area contributed by atoms with Crippen LogP contribution < -0.4 is 5.32 Å². The molecule has 0 aliphatic rings. The number of rotatable bonds is 5. The zero-order valence-corrected chi connectivity index (χ0v) is 11.2. The summed E-state index contributed by atoms with van der Waals surface area (Å²) in [6.45, 7) is 7.35. The third-order valence-electron chi connectivity index (χ3n) is 2.73. The molecule has 0 radical (unpaired) electrons. The molecule has 2 rings (SSSR count). The van der Waals surface area contributed by atoms with Crippen LogP contribution in [0.15, 0.2) is 30.5 Å². The summed E-state index contributed by atoms with van der Waals surface area (Å²) in [4.78, 5) is 4.54. The van der Waals surface area contributed by atoms with Crippen molar-refractivity contribution in [3.63, 3.8) is 0 Å². The first kappa shape index (κ1) is 12.6. The van der Waals surface area contributed by atoms with Gasteiger partial charge >= 0.3 is 0 Å². The maximum Gasteiger partial charge on any atom is 0.155 e. The number of nitrogens with one attached hydrogen (secondary N) is 1. The van der Waals surface area contributed by atoms with Crippen molar-refractivity contribution >= 4 is 5.82 Å². The summed E-state index contributed by atoms with van der Waals surface area (Å²) in [5.41, 5.74) is 1.09. The monoisotopic (exact) mass is 244 g/mol. The average Bonchev–Trinajstić information content (AvgIpc) is 2.86. The molecule has 0 aliphatic heterocycles. The molecule has 0 saturated carbocycles. The molecule has 0 unspecified atom stereocenters. The number of nitrogens with zero attached hydrogens (tertiary/aromatic N) is 3. The molecule has 2 heterocycles. The highest BCUT2D eigenvalue weighted by atomic mass is 15.3. The van der Waals surface area contributed by atoms with Crippen LogP contribution in [0.5, 0.6) is 0 Å². The van der Waals surface area contributed by atoms with E-state index in [1.165, 1.54) is 0 Å². The molecule has 0 aromatic carbocycles. The van der Waals surface area contributed by atoms with E-state index in [1.807, 2.05) is 35.1 Å². The van der Waals surface area contributed by atoms with Crippen molar-refractivity contribution in [3.8, 4) is 5.82 Å². The van der Waals surface area contributed by atoms with E-state index in [0.29, 0.717) is 5.92 Å². The first-order valence-electron chi connectivity index (χ1n) is 6.47. The number of anilines is 1. The lowest BCUT2D eigenvalue weighted by Crippen LogP contribution is -2.05. The fourth-order valence-corrected chi connectivity index (χ4v) is 1.68. The maximum absolute atomic E-state index is 4.54. The van der Waals surface area contributed by atoms with E-state index in [9.17, 15) is 0 Å². The fraction of sp³-hybridized carbons (Fsp3) is 0.429. The van der Waals surface area contributed by atoms with Crippen LogP contribution in [0.2, 0.25) is 0 Å². The molecule has 0 bridgehead atoms. The number of pyridine rings is 1. The second-order valence-electron chi connectivity index (χ2n) is 4.65. The van der Waals surface area contributed by atoms with Gasteiger partial charge < -0.3 is 5.32 Å². The summed E-state index contributed by atoms with van der Waals surface area (Å²) in [7, 11) is 0. The van der Waals surface area contributed by atoms with Gasteiger partial charge in [-0.1, -0.05) is 26.8 Å². The van der Waals surface area contributed by atoms with E-state index in [4.69, 9.17) is 0 Å². The maximum atomic E-state index is 4.54. The third kappa shape index (κ3) is 2.88. The highest BCUT2D eigenvalue weighted by Crippen LogP contribution is 2.14. The third-order valence-corrected chi connectivity index (χ3v) is 2.73. The molecule has 4 heteroatoms. The molecule has 2 aromatic heterocycles. The van der Waals surface area contributed by atoms with Gasteiger partial charge in [-0.3, -0.25) is 0 Å². The van der Waals surface area contributed by atoms with E-state index in [-0.39, 0.29) is 0 Å². The molecular formula is C14H20N4. The Morgan fingerprint density at radius 3 is 2.78 bits per heavy atom. The predicted molar refractivity (Wildman–Crippen MR) is 74.2 cm³/mol. The largest absolute Gasteiger partial charge is 0.370 e. The highest BCUT2D eigenvalue weighted by molar-refractivity contribution is 5.39. The van der Waals surface area contributed by atoms with Crippen LogP contribution in [0.25, 0.3) is 5.82 Å². The van der Waals surface area contributed by atoms with Gasteiger partial charge in [-0.15, -0.1) is 0 Å². The molecule has 4 nitrogen and oxygen atoms in total. The van der Waals surface area contributed by atoms with Crippen molar-refractivity contribution in [1.29, 1.82) is 0 Å². The van der Waals surface area contributed by atoms with Crippen LogP contribution in [0, 0.1) is 0 Å². The van der Waals surface area contributed by atoms with Gasteiger partial charge in [-0.25, -0.2) is 9.67 Å². The number of aromatic nitrogens is 3. The normalized spacial score (nSPS) is 10.9. The zero-order valence-electron chi connectivity index (χ0n) is 11.2. The van der Waals surface area contributed by atoms with Crippen molar-refractivity contribution in [1.82, 2.24) is 14.8 Å². The topological polar surface area (TPSA) is 42.7 Å². The number of hydrogen-bond donors (Lipinski definition) is 1. The first-order chi connectivity index (χ1) is 8.70. The molecule has 0 amide bonds. The second kappa shape index (κ2) is 5.67. The Morgan fingerprint density at radius 1 is 1.28 bits per heavy atom. The summed E-state index contributed by atoms with van der Waals surface area (Å²) < 4.78 is 1.83. The van der Waals surface area contributed by atoms with E-state index in [2.05, 4.69) is 36.2 Å². The minimum absolute atomic E-state index is 0.438. The van der Waals surface area contributed by atoms with E-state index < -0.39 is 0 Å². The smallest absolute Gasteiger partial charge is 0.155 e. The van der Waals surface area contributed by atoms with Gasteiger partial charge in [0.2, 0.25) is 0 Å². The van der Waals surface area contributed by atoms with Gasteiger partial charge in [-0.2, -0.15) is 5.10 Å². The van der Waals surface area contributed by atoms with Gasteiger partial charge in [0, 0.05) is 12.7 Å². The Labute approximate surface area is 108 Å². The van der Waals surface area contributed by atoms with Crippen molar-refractivity contribution in [2.75, 3.05) is 11.9 Å². The van der Waals surface area contributed by atoms with Crippen LogP contribution in [0.3, 0.4) is 0 Å². The SMILES string of the molecule is CCCNc1cccc(-n2ccc(C(C)C)n2)n1. The van der Waals surface area contributed by atoms with Crippen LogP contribution in [-0.2, 0) is 0 Å². The summed E-state index contributed by atoms with van der Waals surface area (Å²) in [6, 6.07) is 7.98. The predicted octanol–water partition coefficient (Wildman–Crippen LogP) is 3.21. The van der Waals surface area contributed by atoms with Crippen molar-refractivity contribution in [3.05, 3.63) is 36.2 Å². The lowest BCUT2D eigenvalue weighted by molar-refractivity contribution is 0.758. The van der Waals surface area contributed by atoms with Gasteiger partial charge in [0.05, 0.1) is 5.69 Å². The minimum Gasteiger partial charge on any atom is -0.370 e. The zero-order chi connectivity index (χ0) is 13.0. The van der Waals surface area contributed by atoms with E-state index in [1.54, 1.807) is 0 Å². The Bertz CT molecular complexity index is 502. The van der Waals surface area contributed by atoms with Crippen LogP contribution in [0.4, 0.5) is 5.82 Å². The summed E-state index contributed by atoms with van der Waals surface area (Å²) in [5.74, 6) is 2.19. The standard InChI is InChI=1S/C14H20N4/c1-4-9-15-13-6-5-7-14(16-13)18-10-8-12(17-18)11(2)3/h5-8,10-11H,4,9H2,1-3H3,(H,15,16). The molecule has 0 saturated heterocycles. The Balaban J connectivity index is 2.21. The minimum atomic E-state index is 0.438. The Kier molecular flexibility index (Phi) is 3.97. The lowest BCUT2D eigenvalue weighted by atomic mass is 10.1. The van der Waals surface area contributed by atoms with Gasteiger partial charge in [0.1, 0.15) is 5.82 Å². The second-order valence-corrected chi connectivity index (χ2v) is 4.65. The first-order valence-corrected chi connectivity index (χ1v) is 6.47. The van der Waals surface area contributed by atoms with Crippen LogP contribution in [0.1, 0.15) is 38.8 Å². The number of hydrogen-bond acceptors (Lipinski definition) is 3. The van der Waals surface area contributed by atoms with Crippen molar-refractivity contribution in [2.24, 2.45) is 0 Å². The Morgan fingerprint density at radius 2 is 2.11 bits per heavy atom. The van der Waals surface area contributed by atoms with E-state index >= 15 is 0 Å². The molecular weight excluding hydrogens is 224 g/mol. The van der Waals surface area contributed by atoms with Crippen LogP contribution >= 0.6 is 0 Å². The molecule has 2 aromatic rings. The van der Waals surface area contributed by atoms with Crippen LogP contribution in [-0.4, -0.2) is 21.3 Å².